The molecule has 2 rings (SSSR count). The maximum atomic E-state index is 11.2. The Labute approximate surface area is 126 Å². The van der Waals surface area contributed by atoms with E-state index in [0.717, 1.165) is 5.56 Å². The first-order chi connectivity index (χ1) is 10.5. The highest BCUT2D eigenvalue weighted by Gasteiger charge is 2.20. The smallest absolute Gasteiger partial charge is 0.358 e. The van der Waals surface area contributed by atoms with Crippen LogP contribution in [0.4, 0.5) is 0 Å². The molecule has 0 radical (unpaired) electrons. The quantitative estimate of drug-likeness (QED) is 0.655. The van der Waals surface area contributed by atoms with Gasteiger partial charge >= 0.3 is 5.97 Å². The first-order valence-electron chi connectivity index (χ1n) is 6.62. The van der Waals surface area contributed by atoms with Crippen LogP contribution in [0.2, 0.25) is 0 Å². The largest absolute Gasteiger partial charge is 0.497 e. The van der Waals surface area contributed by atoms with Gasteiger partial charge in [-0.1, -0.05) is 17.3 Å². The fraction of sp³-hybridized carbons (Fsp3) is 0.357. The zero-order chi connectivity index (χ0) is 16.1. The van der Waals surface area contributed by atoms with Crippen molar-refractivity contribution in [2.75, 3.05) is 13.7 Å². The summed E-state index contributed by atoms with van der Waals surface area (Å²) < 4.78 is 6.37. The first-order valence-corrected chi connectivity index (χ1v) is 6.62. The molecule has 1 aromatic heterocycles. The number of rotatable bonds is 7. The lowest BCUT2D eigenvalue weighted by molar-refractivity contribution is 0.0687. The van der Waals surface area contributed by atoms with E-state index in [2.05, 4.69) is 10.3 Å². The van der Waals surface area contributed by atoms with Crippen molar-refractivity contribution in [1.82, 2.24) is 15.0 Å². The molecule has 0 aliphatic heterocycles. The van der Waals surface area contributed by atoms with Gasteiger partial charge in [0.2, 0.25) is 0 Å². The van der Waals surface area contributed by atoms with Gasteiger partial charge in [-0.05, 0) is 17.7 Å². The summed E-state index contributed by atoms with van der Waals surface area (Å²) in [7, 11) is 1.56. The summed E-state index contributed by atoms with van der Waals surface area (Å²) >= 11 is 0. The highest BCUT2D eigenvalue weighted by Crippen LogP contribution is 2.17. The molecule has 22 heavy (non-hydrogen) atoms. The lowest BCUT2D eigenvalue weighted by Crippen LogP contribution is -2.22. The van der Waals surface area contributed by atoms with Crippen LogP contribution in [0.5, 0.6) is 5.75 Å². The van der Waals surface area contributed by atoms with Crippen LogP contribution in [-0.4, -0.2) is 56.1 Å². The maximum Gasteiger partial charge on any atom is 0.358 e. The molecule has 0 bridgehead atoms. The molecule has 118 valence electrons. The topological polar surface area (TPSA) is 118 Å². The molecule has 2 aromatic rings. The van der Waals surface area contributed by atoms with Gasteiger partial charge in [-0.15, -0.1) is 5.10 Å². The summed E-state index contributed by atoms with van der Waals surface area (Å²) in [4.78, 5) is 11.2. The maximum absolute atomic E-state index is 11.2. The van der Waals surface area contributed by atoms with Crippen molar-refractivity contribution in [3.8, 4) is 5.75 Å². The number of ether oxygens (including phenoxy) is 1. The Kier molecular flexibility index (Phi) is 5.08. The van der Waals surface area contributed by atoms with Gasteiger partial charge in [0.15, 0.2) is 5.69 Å². The standard InChI is InChI=1S/C14H17N3O5/c1-22-11-4-2-9(3-5-11)6-12-13(14(20)21)15-16-17(12)7-10(19)8-18/h2-5,10,18-19H,6-8H2,1H3,(H,20,21). The fourth-order valence-corrected chi connectivity index (χ4v) is 2.01. The van der Waals surface area contributed by atoms with Crippen LogP contribution in [0.3, 0.4) is 0 Å². The highest BCUT2D eigenvalue weighted by atomic mass is 16.5. The second-order valence-corrected chi connectivity index (χ2v) is 4.73. The van der Waals surface area contributed by atoms with Crippen molar-refractivity contribution in [1.29, 1.82) is 0 Å². The van der Waals surface area contributed by atoms with Crippen LogP contribution in [0.1, 0.15) is 21.7 Å². The third kappa shape index (κ3) is 3.60. The van der Waals surface area contributed by atoms with Gasteiger partial charge in [0.25, 0.3) is 0 Å². The first kappa shape index (κ1) is 15.9. The second-order valence-electron chi connectivity index (χ2n) is 4.73. The van der Waals surface area contributed by atoms with Crippen LogP contribution in [0.25, 0.3) is 0 Å². The van der Waals surface area contributed by atoms with Gasteiger partial charge in [0.05, 0.1) is 32.1 Å². The predicted octanol–water partition coefficient (Wildman–Crippen LogP) is -0.0711. The molecule has 0 aliphatic rings. The van der Waals surface area contributed by atoms with E-state index in [-0.39, 0.29) is 18.7 Å². The molecule has 0 amide bonds. The van der Waals surface area contributed by atoms with Crippen molar-refractivity contribution in [2.24, 2.45) is 0 Å². The summed E-state index contributed by atoms with van der Waals surface area (Å²) in [5.41, 5.74) is 1.05. The Morgan fingerprint density at radius 2 is 2.05 bits per heavy atom. The fourth-order valence-electron chi connectivity index (χ4n) is 2.01. The molecule has 0 saturated heterocycles. The molecule has 1 atom stereocenters. The van der Waals surface area contributed by atoms with E-state index in [1.807, 2.05) is 12.1 Å². The number of aromatic nitrogens is 3. The summed E-state index contributed by atoms with van der Waals surface area (Å²) in [5.74, 6) is -0.488. The summed E-state index contributed by atoms with van der Waals surface area (Å²) in [6, 6.07) is 7.16. The van der Waals surface area contributed by atoms with E-state index in [4.69, 9.17) is 9.84 Å². The van der Waals surface area contributed by atoms with E-state index < -0.39 is 18.7 Å². The number of carbonyl (C=O) groups is 1. The minimum atomic E-state index is -1.19. The number of aromatic carboxylic acids is 1. The molecule has 3 N–H and O–H groups in total. The number of carboxylic acid groups (broad SMARTS) is 1. The zero-order valence-electron chi connectivity index (χ0n) is 12.0. The van der Waals surface area contributed by atoms with Crippen LogP contribution in [0.15, 0.2) is 24.3 Å². The van der Waals surface area contributed by atoms with E-state index in [1.165, 1.54) is 4.68 Å². The number of benzene rings is 1. The monoisotopic (exact) mass is 307 g/mol. The summed E-state index contributed by atoms with van der Waals surface area (Å²) in [6.07, 6.45) is -0.741. The molecule has 8 heteroatoms. The molecular weight excluding hydrogens is 290 g/mol. The molecule has 0 fully saturated rings. The van der Waals surface area contributed by atoms with Gasteiger partial charge in [0.1, 0.15) is 5.75 Å². The molecule has 0 spiro atoms. The number of aliphatic hydroxyl groups is 2. The van der Waals surface area contributed by atoms with Crippen molar-refractivity contribution in [3.63, 3.8) is 0 Å². The second kappa shape index (κ2) is 7.01. The van der Waals surface area contributed by atoms with Crippen LogP contribution >= 0.6 is 0 Å². The van der Waals surface area contributed by atoms with Gasteiger partial charge in [-0.3, -0.25) is 0 Å². The third-order valence-corrected chi connectivity index (χ3v) is 3.17. The van der Waals surface area contributed by atoms with E-state index >= 15 is 0 Å². The van der Waals surface area contributed by atoms with Crippen LogP contribution < -0.4 is 4.74 Å². The normalized spacial score (nSPS) is 12.1. The minimum Gasteiger partial charge on any atom is -0.497 e. The highest BCUT2D eigenvalue weighted by molar-refractivity contribution is 5.86. The van der Waals surface area contributed by atoms with Crippen LogP contribution in [0, 0.1) is 0 Å². The number of carboxylic acids is 1. The van der Waals surface area contributed by atoms with E-state index in [9.17, 15) is 15.0 Å². The number of nitrogens with zero attached hydrogens (tertiary/aromatic N) is 3. The number of hydrogen-bond donors (Lipinski definition) is 3. The minimum absolute atomic E-state index is 0.0255. The lowest BCUT2D eigenvalue weighted by Gasteiger charge is -2.10. The SMILES string of the molecule is COc1ccc(Cc2c(C(=O)O)nnn2CC(O)CO)cc1. The van der Waals surface area contributed by atoms with Gasteiger partial charge in [-0.2, -0.15) is 0 Å². The Morgan fingerprint density at radius 1 is 1.36 bits per heavy atom. The number of hydrogen-bond acceptors (Lipinski definition) is 6. The Hall–Kier alpha value is -2.45. The Bertz CT molecular complexity index is 638. The van der Waals surface area contributed by atoms with Crippen molar-refractivity contribution < 1.29 is 24.9 Å². The molecule has 0 saturated carbocycles. The molecule has 0 aliphatic carbocycles. The molecule has 1 unspecified atom stereocenters. The molecular formula is C14H17N3O5. The van der Waals surface area contributed by atoms with Gasteiger partial charge < -0.3 is 20.1 Å². The third-order valence-electron chi connectivity index (χ3n) is 3.17. The molecule has 1 aromatic carbocycles. The number of methoxy groups -OCH3 is 1. The van der Waals surface area contributed by atoms with E-state index in [0.29, 0.717) is 11.4 Å². The Morgan fingerprint density at radius 3 is 2.59 bits per heavy atom. The molecule has 8 nitrogen and oxygen atoms in total. The average molecular weight is 307 g/mol. The van der Waals surface area contributed by atoms with Crippen molar-refractivity contribution >= 4 is 5.97 Å². The van der Waals surface area contributed by atoms with Crippen molar-refractivity contribution in [2.45, 2.75) is 19.1 Å². The summed E-state index contributed by atoms with van der Waals surface area (Å²) in [5, 5.41) is 35.0. The lowest BCUT2D eigenvalue weighted by atomic mass is 10.1. The predicted molar refractivity (Wildman–Crippen MR) is 75.9 cm³/mol. The Balaban J connectivity index is 2.29. The average Bonchev–Trinajstić information content (AvgIpc) is 2.90. The van der Waals surface area contributed by atoms with Gasteiger partial charge in [-0.25, -0.2) is 9.48 Å². The zero-order valence-corrected chi connectivity index (χ0v) is 12.0. The van der Waals surface area contributed by atoms with Gasteiger partial charge in [0, 0.05) is 6.42 Å². The van der Waals surface area contributed by atoms with Crippen LogP contribution in [-0.2, 0) is 13.0 Å². The molecule has 1 heterocycles. The van der Waals surface area contributed by atoms with E-state index in [1.54, 1.807) is 19.2 Å². The summed E-state index contributed by atoms with van der Waals surface area (Å²) in [6.45, 7) is -0.466. The van der Waals surface area contributed by atoms with Crippen molar-refractivity contribution in [3.05, 3.63) is 41.2 Å². The number of aliphatic hydroxyl groups excluding tert-OH is 2.